The van der Waals surface area contributed by atoms with Crippen molar-refractivity contribution in [2.75, 3.05) is 6.54 Å². The van der Waals surface area contributed by atoms with E-state index in [0.717, 1.165) is 19.0 Å². The first-order chi connectivity index (χ1) is 9.61. The van der Waals surface area contributed by atoms with Crippen molar-refractivity contribution in [3.8, 4) is 11.3 Å². The standard InChI is InChI=1S/C14H15FN2O3/c1-2-7-16-9-11-4-6-14(20-11)12-5-3-10(17(18)19)8-13(12)15/h3-6,8,16H,2,7,9H2,1H3. The van der Waals surface area contributed by atoms with Gasteiger partial charge in [0.1, 0.15) is 17.3 Å². The summed E-state index contributed by atoms with van der Waals surface area (Å²) in [6.45, 7) is 3.51. The van der Waals surface area contributed by atoms with Crippen molar-refractivity contribution < 1.29 is 13.7 Å². The molecule has 0 amide bonds. The molecular formula is C14H15FN2O3. The lowest BCUT2D eigenvalue weighted by atomic mass is 10.1. The van der Waals surface area contributed by atoms with Gasteiger partial charge in [-0.3, -0.25) is 10.1 Å². The van der Waals surface area contributed by atoms with Crippen molar-refractivity contribution in [3.63, 3.8) is 0 Å². The van der Waals surface area contributed by atoms with E-state index in [1.807, 2.05) is 0 Å². The van der Waals surface area contributed by atoms with E-state index in [4.69, 9.17) is 4.42 Å². The van der Waals surface area contributed by atoms with E-state index < -0.39 is 10.7 Å². The molecule has 0 atom stereocenters. The van der Waals surface area contributed by atoms with Crippen LogP contribution in [0.4, 0.5) is 10.1 Å². The molecule has 0 saturated heterocycles. The smallest absolute Gasteiger partial charge is 0.272 e. The normalized spacial score (nSPS) is 10.7. The van der Waals surface area contributed by atoms with E-state index in [-0.39, 0.29) is 11.3 Å². The summed E-state index contributed by atoms with van der Waals surface area (Å²) >= 11 is 0. The Labute approximate surface area is 115 Å². The van der Waals surface area contributed by atoms with Gasteiger partial charge in [-0.2, -0.15) is 0 Å². The van der Waals surface area contributed by atoms with Gasteiger partial charge in [-0.1, -0.05) is 6.92 Å². The van der Waals surface area contributed by atoms with Crippen molar-refractivity contribution in [2.45, 2.75) is 19.9 Å². The molecule has 20 heavy (non-hydrogen) atoms. The van der Waals surface area contributed by atoms with Crippen molar-refractivity contribution in [1.29, 1.82) is 0 Å². The zero-order valence-corrected chi connectivity index (χ0v) is 11.1. The minimum atomic E-state index is -0.665. The number of benzene rings is 1. The summed E-state index contributed by atoms with van der Waals surface area (Å²) in [6, 6.07) is 6.93. The number of nitrogens with zero attached hydrogens (tertiary/aromatic N) is 1. The Morgan fingerprint density at radius 2 is 2.15 bits per heavy atom. The molecule has 0 aliphatic carbocycles. The molecule has 0 radical (unpaired) electrons. The third-order valence-corrected chi connectivity index (χ3v) is 2.82. The van der Waals surface area contributed by atoms with Gasteiger partial charge < -0.3 is 9.73 Å². The highest BCUT2D eigenvalue weighted by Crippen LogP contribution is 2.27. The summed E-state index contributed by atoms with van der Waals surface area (Å²) in [5.41, 5.74) is -0.0556. The van der Waals surface area contributed by atoms with Crippen LogP contribution in [0.3, 0.4) is 0 Å². The summed E-state index contributed by atoms with van der Waals surface area (Å²) in [5, 5.41) is 13.7. The van der Waals surface area contributed by atoms with Gasteiger partial charge in [-0.05, 0) is 31.2 Å². The molecule has 106 valence electrons. The van der Waals surface area contributed by atoms with Crippen molar-refractivity contribution in [2.24, 2.45) is 0 Å². The van der Waals surface area contributed by atoms with Crippen LogP contribution in [-0.4, -0.2) is 11.5 Å². The maximum absolute atomic E-state index is 13.8. The van der Waals surface area contributed by atoms with Crippen LogP contribution in [0.5, 0.6) is 0 Å². The van der Waals surface area contributed by atoms with Gasteiger partial charge in [0, 0.05) is 6.07 Å². The summed E-state index contributed by atoms with van der Waals surface area (Å²) in [4.78, 5) is 9.93. The maximum atomic E-state index is 13.8. The summed E-state index contributed by atoms with van der Waals surface area (Å²) in [7, 11) is 0. The molecule has 5 nitrogen and oxygen atoms in total. The van der Waals surface area contributed by atoms with Gasteiger partial charge in [0.15, 0.2) is 0 Å². The van der Waals surface area contributed by atoms with E-state index in [2.05, 4.69) is 12.2 Å². The van der Waals surface area contributed by atoms with Crippen LogP contribution < -0.4 is 5.32 Å². The zero-order valence-electron chi connectivity index (χ0n) is 11.1. The Hall–Kier alpha value is -2.21. The van der Waals surface area contributed by atoms with Gasteiger partial charge in [-0.25, -0.2) is 4.39 Å². The van der Waals surface area contributed by atoms with Crippen molar-refractivity contribution in [1.82, 2.24) is 5.32 Å². The molecule has 0 unspecified atom stereocenters. The molecule has 0 spiro atoms. The van der Waals surface area contributed by atoms with Crippen LogP contribution >= 0.6 is 0 Å². The van der Waals surface area contributed by atoms with E-state index in [0.29, 0.717) is 18.1 Å². The number of halogens is 1. The predicted octanol–water partition coefficient (Wildman–Crippen LogP) is 3.49. The number of hydrogen-bond donors (Lipinski definition) is 1. The SMILES string of the molecule is CCCNCc1ccc(-c2ccc([N+](=O)[O-])cc2F)o1. The third kappa shape index (κ3) is 3.21. The Morgan fingerprint density at radius 1 is 1.35 bits per heavy atom. The summed E-state index contributed by atoms with van der Waals surface area (Å²) in [6.07, 6.45) is 1.02. The Kier molecular flexibility index (Phi) is 4.47. The second-order valence-corrected chi connectivity index (χ2v) is 4.36. The quantitative estimate of drug-likeness (QED) is 0.499. The molecule has 1 N–H and O–H groups in total. The van der Waals surface area contributed by atoms with Crippen molar-refractivity contribution in [3.05, 3.63) is 52.0 Å². The van der Waals surface area contributed by atoms with Crippen LogP contribution in [0, 0.1) is 15.9 Å². The fourth-order valence-corrected chi connectivity index (χ4v) is 1.82. The number of non-ortho nitro benzene ring substituents is 1. The minimum absolute atomic E-state index is 0.220. The molecule has 0 aliphatic rings. The molecule has 2 rings (SSSR count). The van der Waals surface area contributed by atoms with Gasteiger partial charge >= 0.3 is 0 Å². The highest BCUT2D eigenvalue weighted by molar-refractivity contribution is 5.60. The fraction of sp³-hybridized carbons (Fsp3) is 0.286. The minimum Gasteiger partial charge on any atom is -0.460 e. The molecule has 1 aromatic carbocycles. The summed E-state index contributed by atoms with van der Waals surface area (Å²) < 4.78 is 19.4. The number of nitro groups is 1. The van der Waals surface area contributed by atoms with Crippen LogP contribution in [0.1, 0.15) is 19.1 Å². The second kappa shape index (κ2) is 6.29. The third-order valence-electron chi connectivity index (χ3n) is 2.82. The summed E-state index contributed by atoms with van der Waals surface area (Å²) in [5.74, 6) is 0.401. The average Bonchev–Trinajstić information content (AvgIpc) is 2.87. The molecule has 0 aliphatic heterocycles. The molecule has 0 bridgehead atoms. The van der Waals surface area contributed by atoms with Crippen LogP contribution in [0.25, 0.3) is 11.3 Å². The van der Waals surface area contributed by atoms with Crippen LogP contribution in [0.15, 0.2) is 34.7 Å². The largest absolute Gasteiger partial charge is 0.460 e. The van der Waals surface area contributed by atoms with Gasteiger partial charge in [0.25, 0.3) is 5.69 Å². The molecular weight excluding hydrogens is 263 g/mol. The van der Waals surface area contributed by atoms with E-state index in [1.54, 1.807) is 12.1 Å². The first-order valence-electron chi connectivity index (χ1n) is 6.35. The highest BCUT2D eigenvalue weighted by Gasteiger charge is 2.14. The highest BCUT2D eigenvalue weighted by atomic mass is 19.1. The second-order valence-electron chi connectivity index (χ2n) is 4.36. The van der Waals surface area contributed by atoms with Gasteiger partial charge in [-0.15, -0.1) is 0 Å². The molecule has 6 heteroatoms. The van der Waals surface area contributed by atoms with Gasteiger partial charge in [0.05, 0.1) is 23.1 Å². The van der Waals surface area contributed by atoms with Crippen LogP contribution in [0.2, 0.25) is 0 Å². The van der Waals surface area contributed by atoms with Gasteiger partial charge in [0.2, 0.25) is 0 Å². The zero-order chi connectivity index (χ0) is 14.5. The Balaban J connectivity index is 2.17. The van der Waals surface area contributed by atoms with E-state index >= 15 is 0 Å². The number of furan rings is 1. The van der Waals surface area contributed by atoms with E-state index in [1.165, 1.54) is 12.1 Å². The molecule has 1 aromatic heterocycles. The van der Waals surface area contributed by atoms with E-state index in [9.17, 15) is 14.5 Å². The lowest BCUT2D eigenvalue weighted by Crippen LogP contribution is -2.12. The Bertz CT molecular complexity index is 610. The number of nitro benzene ring substituents is 1. The Morgan fingerprint density at radius 3 is 2.80 bits per heavy atom. The number of hydrogen-bond acceptors (Lipinski definition) is 4. The fourth-order valence-electron chi connectivity index (χ4n) is 1.82. The molecule has 0 fully saturated rings. The topological polar surface area (TPSA) is 68.3 Å². The number of rotatable bonds is 6. The lowest BCUT2D eigenvalue weighted by molar-refractivity contribution is -0.385. The number of nitrogens with one attached hydrogen (secondary N) is 1. The van der Waals surface area contributed by atoms with Crippen LogP contribution in [-0.2, 0) is 6.54 Å². The predicted molar refractivity (Wildman–Crippen MR) is 72.8 cm³/mol. The lowest BCUT2D eigenvalue weighted by Gasteiger charge is -2.01. The molecule has 2 aromatic rings. The first-order valence-corrected chi connectivity index (χ1v) is 6.35. The average molecular weight is 278 g/mol. The maximum Gasteiger partial charge on any atom is 0.272 e. The monoisotopic (exact) mass is 278 g/mol. The first kappa shape index (κ1) is 14.2. The van der Waals surface area contributed by atoms with Crippen molar-refractivity contribution >= 4 is 5.69 Å². The molecule has 1 heterocycles. The molecule has 0 saturated carbocycles.